The molecule has 0 aromatic carbocycles. The van der Waals surface area contributed by atoms with Crippen molar-refractivity contribution < 1.29 is 5.11 Å². The average molecular weight is 237 g/mol. The predicted octanol–water partition coefficient (Wildman–Crippen LogP) is 1.83. The summed E-state index contributed by atoms with van der Waals surface area (Å²) >= 11 is 0. The van der Waals surface area contributed by atoms with E-state index in [0.717, 1.165) is 31.0 Å². The number of hydrogen-bond acceptors (Lipinski definition) is 3. The topological polar surface area (TPSA) is 60.9 Å². The summed E-state index contributed by atoms with van der Waals surface area (Å²) in [5, 5.41) is 13.7. The molecule has 1 aromatic heterocycles. The summed E-state index contributed by atoms with van der Waals surface area (Å²) < 4.78 is 0. The van der Waals surface area contributed by atoms with Crippen molar-refractivity contribution in [2.75, 3.05) is 6.54 Å². The third-order valence-corrected chi connectivity index (χ3v) is 3.94. The molecule has 1 aromatic rings. The summed E-state index contributed by atoms with van der Waals surface area (Å²) in [6.07, 6.45) is 8.93. The lowest BCUT2D eigenvalue weighted by Gasteiger charge is -2.36. The first-order chi connectivity index (χ1) is 8.22. The van der Waals surface area contributed by atoms with Crippen molar-refractivity contribution in [3.8, 4) is 0 Å². The monoisotopic (exact) mass is 237 g/mol. The Labute approximate surface area is 103 Å². The van der Waals surface area contributed by atoms with E-state index in [9.17, 15) is 5.11 Å². The molecule has 0 atom stereocenters. The van der Waals surface area contributed by atoms with Gasteiger partial charge in [-0.2, -0.15) is 0 Å². The maximum atomic E-state index is 10.4. The Kier molecular flexibility index (Phi) is 4.18. The molecule has 1 aliphatic carbocycles. The quantitative estimate of drug-likeness (QED) is 0.732. The van der Waals surface area contributed by atoms with Crippen LogP contribution in [0.25, 0.3) is 0 Å². The highest BCUT2D eigenvalue weighted by Gasteiger charge is 2.31. The molecular weight excluding hydrogens is 214 g/mol. The standard InChI is InChI=1S/C13H23N3O/c1-2-11-3-5-13(17,6-4-11)9-14-7-12-8-15-10-16-12/h8,10-11,14,17H,2-7,9H2,1H3,(H,15,16). The maximum Gasteiger partial charge on any atom is 0.0922 e. The van der Waals surface area contributed by atoms with Gasteiger partial charge in [0.1, 0.15) is 0 Å². The van der Waals surface area contributed by atoms with Gasteiger partial charge in [0.25, 0.3) is 0 Å². The summed E-state index contributed by atoms with van der Waals surface area (Å²) in [6.45, 7) is 3.67. The number of hydrogen-bond donors (Lipinski definition) is 3. The Balaban J connectivity index is 1.71. The van der Waals surface area contributed by atoms with Crippen LogP contribution in [0.5, 0.6) is 0 Å². The first kappa shape index (κ1) is 12.6. The first-order valence-electron chi connectivity index (χ1n) is 6.62. The Bertz CT molecular complexity index is 315. The number of rotatable bonds is 5. The first-order valence-corrected chi connectivity index (χ1v) is 6.62. The number of nitrogens with zero attached hydrogens (tertiary/aromatic N) is 1. The average Bonchev–Trinajstić information content (AvgIpc) is 2.83. The molecule has 0 bridgehead atoms. The van der Waals surface area contributed by atoms with Gasteiger partial charge >= 0.3 is 0 Å². The van der Waals surface area contributed by atoms with Gasteiger partial charge in [-0.3, -0.25) is 0 Å². The Hall–Kier alpha value is -0.870. The number of imidazole rings is 1. The molecule has 1 saturated carbocycles. The molecule has 1 aliphatic rings. The molecule has 0 unspecified atom stereocenters. The van der Waals surface area contributed by atoms with Crippen LogP contribution >= 0.6 is 0 Å². The summed E-state index contributed by atoms with van der Waals surface area (Å²) in [7, 11) is 0. The molecule has 0 spiro atoms. The van der Waals surface area contributed by atoms with Crippen molar-refractivity contribution in [2.24, 2.45) is 5.92 Å². The van der Waals surface area contributed by atoms with Crippen LogP contribution in [0.1, 0.15) is 44.7 Å². The molecule has 3 N–H and O–H groups in total. The summed E-state index contributed by atoms with van der Waals surface area (Å²) in [6, 6.07) is 0. The van der Waals surface area contributed by atoms with Crippen LogP contribution in [0.15, 0.2) is 12.5 Å². The molecule has 4 heteroatoms. The smallest absolute Gasteiger partial charge is 0.0922 e. The van der Waals surface area contributed by atoms with Crippen molar-refractivity contribution in [2.45, 2.75) is 51.2 Å². The number of aromatic nitrogens is 2. The zero-order valence-electron chi connectivity index (χ0n) is 10.6. The highest BCUT2D eigenvalue weighted by Crippen LogP contribution is 2.33. The summed E-state index contributed by atoms with van der Waals surface area (Å²) in [4.78, 5) is 7.02. The lowest BCUT2D eigenvalue weighted by Crippen LogP contribution is -2.43. The number of H-pyrrole nitrogens is 1. The van der Waals surface area contributed by atoms with Crippen LogP contribution in [0.4, 0.5) is 0 Å². The molecule has 0 radical (unpaired) electrons. The van der Waals surface area contributed by atoms with Crippen LogP contribution in [-0.2, 0) is 6.54 Å². The van der Waals surface area contributed by atoms with Gasteiger partial charge in [-0.25, -0.2) is 4.98 Å². The van der Waals surface area contributed by atoms with Gasteiger partial charge in [0.15, 0.2) is 0 Å². The van der Waals surface area contributed by atoms with Crippen molar-refractivity contribution in [3.05, 3.63) is 18.2 Å². The van der Waals surface area contributed by atoms with E-state index in [2.05, 4.69) is 22.2 Å². The maximum absolute atomic E-state index is 10.4. The van der Waals surface area contributed by atoms with Gasteiger partial charge in [0.2, 0.25) is 0 Å². The van der Waals surface area contributed by atoms with Gasteiger partial charge in [-0.15, -0.1) is 0 Å². The van der Waals surface area contributed by atoms with E-state index in [0.29, 0.717) is 6.54 Å². The van der Waals surface area contributed by atoms with Gasteiger partial charge in [0.05, 0.1) is 11.9 Å². The largest absolute Gasteiger partial charge is 0.389 e. The molecular formula is C13H23N3O. The zero-order valence-corrected chi connectivity index (χ0v) is 10.6. The fraction of sp³-hybridized carbons (Fsp3) is 0.769. The summed E-state index contributed by atoms with van der Waals surface area (Å²) in [5.41, 5.74) is 0.571. The molecule has 2 rings (SSSR count). The molecule has 4 nitrogen and oxygen atoms in total. The van der Waals surface area contributed by atoms with E-state index in [-0.39, 0.29) is 0 Å². The molecule has 1 heterocycles. The van der Waals surface area contributed by atoms with E-state index in [1.807, 2.05) is 6.20 Å². The minimum absolute atomic E-state index is 0.494. The third kappa shape index (κ3) is 3.54. The SMILES string of the molecule is CCC1CCC(O)(CNCc2cnc[nH]2)CC1. The lowest BCUT2D eigenvalue weighted by molar-refractivity contribution is -0.00885. The highest BCUT2D eigenvalue weighted by molar-refractivity contribution is 4.94. The van der Waals surface area contributed by atoms with Crippen LogP contribution in [0, 0.1) is 5.92 Å². The fourth-order valence-electron chi connectivity index (χ4n) is 2.61. The van der Waals surface area contributed by atoms with Crippen molar-refractivity contribution in [3.63, 3.8) is 0 Å². The van der Waals surface area contributed by atoms with Gasteiger partial charge < -0.3 is 15.4 Å². The van der Waals surface area contributed by atoms with Crippen LogP contribution in [0.3, 0.4) is 0 Å². The molecule has 0 saturated heterocycles. The molecule has 0 aliphatic heterocycles. The normalized spacial score (nSPS) is 29.4. The Morgan fingerprint density at radius 3 is 2.88 bits per heavy atom. The van der Waals surface area contributed by atoms with Gasteiger partial charge in [0, 0.05) is 25.0 Å². The Morgan fingerprint density at radius 2 is 2.29 bits per heavy atom. The van der Waals surface area contributed by atoms with E-state index in [1.165, 1.54) is 19.3 Å². The molecule has 1 fully saturated rings. The second-order valence-electron chi connectivity index (χ2n) is 5.26. The fourth-order valence-corrected chi connectivity index (χ4v) is 2.61. The third-order valence-electron chi connectivity index (χ3n) is 3.94. The van der Waals surface area contributed by atoms with Crippen LogP contribution < -0.4 is 5.32 Å². The lowest BCUT2D eigenvalue weighted by atomic mass is 9.78. The number of nitrogens with one attached hydrogen (secondary N) is 2. The summed E-state index contributed by atoms with van der Waals surface area (Å²) in [5.74, 6) is 0.822. The minimum atomic E-state index is -0.494. The van der Waals surface area contributed by atoms with E-state index >= 15 is 0 Å². The van der Waals surface area contributed by atoms with Gasteiger partial charge in [-0.1, -0.05) is 13.3 Å². The number of aromatic amines is 1. The van der Waals surface area contributed by atoms with Gasteiger partial charge in [-0.05, 0) is 31.6 Å². The van der Waals surface area contributed by atoms with E-state index < -0.39 is 5.60 Å². The van der Waals surface area contributed by atoms with E-state index in [4.69, 9.17) is 0 Å². The Morgan fingerprint density at radius 1 is 1.53 bits per heavy atom. The van der Waals surface area contributed by atoms with Crippen molar-refractivity contribution >= 4 is 0 Å². The van der Waals surface area contributed by atoms with Crippen LogP contribution in [0.2, 0.25) is 0 Å². The molecule has 17 heavy (non-hydrogen) atoms. The minimum Gasteiger partial charge on any atom is -0.389 e. The number of aliphatic hydroxyl groups is 1. The second kappa shape index (κ2) is 5.65. The molecule has 0 amide bonds. The highest BCUT2D eigenvalue weighted by atomic mass is 16.3. The van der Waals surface area contributed by atoms with Crippen molar-refractivity contribution in [1.82, 2.24) is 15.3 Å². The zero-order chi connectivity index (χ0) is 12.1. The van der Waals surface area contributed by atoms with E-state index in [1.54, 1.807) is 6.33 Å². The predicted molar refractivity (Wildman–Crippen MR) is 67.5 cm³/mol. The second-order valence-corrected chi connectivity index (χ2v) is 5.26. The van der Waals surface area contributed by atoms with Crippen LogP contribution in [-0.4, -0.2) is 27.2 Å². The molecule has 96 valence electrons. The van der Waals surface area contributed by atoms with Crippen molar-refractivity contribution in [1.29, 1.82) is 0 Å².